The molecular weight excluding hydrogens is 365 g/mol. The van der Waals surface area contributed by atoms with Gasteiger partial charge in [-0.15, -0.1) is 0 Å². The Balaban J connectivity index is 2.41. The number of hydrogen-bond donors (Lipinski definition) is 1. The predicted molar refractivity (Wildman–Crippen MR) is 89.5 cm³/mol. The maximum atomic E-state index is 6.12. The number of aromatic nitrogens is 2. The summed E-state index contributed by atoms with van der Waals surface area (Å²) in [6.07, 6.45) is 5.18. The van der Waals surface area contributed by atoms with Crippen molar-refractivity contribution < 1.29 is 4.74 Å². The maximum Gasteiger partial charge on any atom is 0.162 e. The van der Waals surface area contributed by atoms with Gasteiger partial charge in [-0.3, -0.25) is 0 Å². The Morgan fingerprint density at radius 1 is 1.30 bits per heavy atom. The third-order valence-corrected chi connectivity index (χ3v) is 5.37. The van der Waals surface area contributed by atoms with Gasteiger partial charge in [-0.1, -0.05) is 13.8 Å². The second-order valence-electron chi connectivity index (χ2n) is 5.66. The molecule has 1 heterocycles. The summed E-state index contributed by atoms with van der Waals surface area (Å²) in [6.45, 7) is 7.13. The lowest BCUT2D eigenvalue weighted by Crippen LogP contribution is -2.37. The molecule has 0 bridgehead atoms. The normalized spacial score (nSPS) is 26.7. The van der Waals surface area contributed by atoms with E-state index in [4.69, 9.17) is 15.5 Å². The number of halogens is 1. The van der Waals surface area contributed by atoms with Gasteiger partial charge in [0.25, 0.3) is 0 Å². The number of nitrogens with two attached hydrogens (primary N) is 1. The van der Waals surface area contributed by atoms with Gasteiger partial charge in [0.15, 0.2) is 5.82 Å². The zero-order valence-corrected chi connectivity index (χ0v) is 14.7. The first kappa shape index (κ1) is 15.9. The SMILES string of the molecule is CCOC1(c2nc(N)c(I)c(CC)n2)CCC(C)CC1. The molecule has 2 N–H and O–H groups in total. The van der Waals surface area contributed by atoms with Crippen molar-refractivity contribution in [2.24, 2.45) is 5.92 Å². The molecule has 5 heteroatoms. The van der Waals surface area contributed by atoms with Crippen LogP contribution in [0.1, 0.15) is 58.0 Å². The van der Waals surface area contributed by atoms with Crippen LogP contribution in [-0.2, 0) is 16.8 Å². The molecule has 0 spiro atoms. The maximum absolute atomic E-state index is 6.12. The van der Waals surface area contributed by atoms with Crippen LogP contribution in [-0.4, -0.2) is 16.6 Å². The van der Waals surface area contributed by atoms with Crippen molar-refractivity contribution in [3.63, 3.8) is 0 Å². The van der Waals surface area contributed by atoms with E-state index in [1.165, 1.54) is 0 Å². The van der Waals surface area contributed by atoms with E-state index in [0.29, 0.717) is 12.4 Å². The lowest BCUT2D eigenvalue weighted by molar-refractivity contribution is -0.0837. The molecule has 1 aliphatic carbocycles. The highest BCUT2D eigenvalue weighted by molar-refractivity contribution is 14.1. The van der Waals surface area contributed by atoms with E-state index < -0.39 is 0 Å². The summed E-state index contributed by atoms with van der Waals surface area (Å²) < 4.78 is 7.09. The molecule has 4 nitrogen and oxygen atoms in total. The highest BCUT2D eigenvalue weighted by atomic mass is 127. The minimum atomic E-state index is -0.330. The number of ether oxygens (including phenoxy) is 1. The largest absolute Gasteiger partial charge is 0.383 e. The minimum absolute atomic E-state index is 0.330. The zero-order valence-electron chi connectivity index (χ0n) is 12.6. The van der Waals surface area contributed by atoms with E-state index >= 15 is 0 Å². The molecule has 1 aliphatic rings. The summed E-state index contributed by atoms with van der Waals surface area (Å²) in [5.74, 6) is 2.14. The molecule has 1 aromatic rings. The summed E-state index contributed by atoms with van der Waals surface area (Å²) >= 11 is 2.23. The van der Waals surface area contributed by atoms with E-state index in [2.05, 4.69) is 41.4 Å². The van der Waals surface area contributed by atoms with Gasteiger partial charge in [0.2, 0.25) is 0 Å². The number of nitrogen functional groups attached to an aromatic ring is 1. The predicted octanol–water partition coefficient (Wildman–Crippen LogP) is 3.67. The van der Waals surface area contributed by atoms with Crippen LogP contribution in [0.25, 0.3) is 0 Å². The molecule has 0 saturated heterocycles. The molecule has 0 unspecified atom stereocenters. The minimum Gasteiger partial charge on any atom is -0.383 e. The van der Waals surface area contributed by atoms with Crippen LogP contribution in [0.2, 0.25) is 0 Å². The molecule has 1 fully saturated rings. The van der Waals surface area contributed by atoms with Crippen LogP contribution in [0.4, 0.5) is 5.82 Å². The Labute approximate surface area is 135 Å². The van der Waals surface area contributed by atoms with Gasteiger partial charge in [-0.25, -0.2) is 9.97 Å². The van der Waals surface area contributed by atoms with Gasteiger partial charge in [0.1, 0.15) is 11.4 Å². The summed E-state index contributed by atoms with van der Waals surface area (Å²) in [7, 11) is 0. The molecule has 0 aromatic carbocycles. The Morgan fingerprint density at radius 3 is 2.50 bits per heavy atom. The van der Waals surface area contributed by atoms with Crippen LogP contribution in [0.5, 0.6) is 0 Å². The van der Waals surface area contributed by atoms with Crippen LogP contribution < -0.4 is 5.73 Å². The Kier molecular flexibility index (Phi) is 5.23. The Morgan fingerprint density at radius 2 is 1.95 bits per heavy atom. The first-order chi connectivity index (χ1) is 9.52. The fourth-order valence-electron chi connectivity index (χ4n) is 2.89. The highest BCUT2D eigenvalue weighted by Crippen LogP contribution is 2.41. The van der Waals surface area contributed by atoms with Crippen molar-refractivity contribution in [2.75, 3.05) is 12.3 Å². The molecule has 1 aromatic heterocycles. The first-order valence-corrected chi connectivity index (χ1v) is 8.56. The van der Waals surface area contributed by atoms with Crippen LogP contribution >= 0.6 is 22.6 Å². The topological polar surface area (TPSA) is 61.0 Å². The summed E-state index contributed by atoms with van der Waals surface area (Å²) in [6, 6.07) is 0. The van der Waals surface area contributed by atoms with Crippen molar-refractivity contribution in [1.82, 2.24) is 9.97 Å². The molecule has 112 valence electrons. The average Bonchev–Trinajstić information content (AvgIpc) is 2.44. The molecule has 1 saturated carbocycles. The van der Waals surface area contributed by atoms with E-state index in [-0.39, 0.29) is 5.60 Å². The molecule has 0 aliphatic heterocycles. The standard InChI is InChI=1S/C15H24IN3O/c1-4-11-12(16)13(17)19-14(18-11)15(20-5-2)8-6-10(3)7-9-15/h10H,4-9H2,1-3H3,(H2,17,18,19). The van der Waals surface area contributed by atoms with Crippen LogP contribution in [0, 0.1) is 9.49 Å². The fraction of sp³-hybridized carbons (Fsp3) is 0.733. The summed E-state index contributed by atoms with van der Waals surface area (Å²) in [5.41, 5.74) is 6.78. The molecule has 0 amide bonds. The zero-order chi connectivity index (χ0) is 14.8. The smallest absolute Gasteiger partial charge is 0.162 e. The quantitative estimate of drug-likeness (QED) is 0.799. The molecule has 2 rings (SSSR count). The summed E-state index contributed by atoms with van der Waals surface area (Å²) in [4.78, 5) is 9.32. The van der Waals surface area contributed by atoms with Gasteiger partial charge in [0, 0.05) is 6.61 Å². The third-order valence-electron chi connectivity index (χ3n) is 4.19. The third kappa shape index (κ3) is 3.08. The van der Waals surface area contributed by atoms with Crippen LogP contribution in [0.15, 0.2) is 0 Å². The number of nitrogens with zero attached hydrogens (tertiary/aromatic N) is 2. The monoisotopic (exact) mass is 389 g/mol. The number of aryl methyl sites for hydroxylation is 1. The molecular formula is C15H24IN3O. The second kappa shape index (κ2) is 6.56. The van der Waals surface area contributed by atoms with Gasteiger partial charge in [-0.2, -0.15) is 0 Å². The Hall–Kier alpha value is -0.430. The Bertz CT molecular complexity index is 470. The molecule has 20 heavy (non-hydrogen) atoms. The first-order valence-electron chi connectivity index (χ1n) is 7.48. The number of hydrogen-bond acceptors (Lipinski definition) is 4. The van der Waals surface area contributed by atoms with E-state index in [9.17, 15) is 0 Å². The second-order valence-corrected chi connectivity index (χ2v) is 6.74. The van der Waals surface area contributed by atoms with Crippen molar-refractivity contribution in [3.8, 4) is 0 Å². The lowest BCUT2D eigenvalue weighted by Gasteiger charge is -2.38. The van der Waals surface area contributed by atoms with Crippen LogP contribution in [0.3, 0.4) is 0 Å². The van der Waals surface area contributed by atoms with Crippen molar-refractivity contribution in [2.45, 2.75) is 58.5 Å². The summed E-state index contributed by atoms with van der Waals surface area (Å²) in [5, 5.41) is 0. The lowest BCUT2D eigenvalue weighted by atomic mass is 9.78. The highest BCUT2D eigenvalue weighted by Gasteiger charge is 2.39. The van der Waals surface area contributed by atoms with E-state index in [0.717, 1.165) is 53.1 Å². The van der Waals surface area contributed by atoms with E-state index in [1.807, 2.05) is 6.92 Å². The van der Waals surface area contributed by atoms with Gasteiger partial charge < -0.3 is 10.5 Å². The van der Waals surface area contributed by atoms with Gasteiger partial charge >= 0.3 is 0 Å². The molecule has 0 atom stereocenters. The van der Waals surface area contributed by atoms with Gasteiger partial charge in [-0.05, 0) is 67.5 Å². The van der Waals surface area contributed by atoms with Gasteiger partial charge in [0.05, 0.1) is 9.26 Å². The average molecular weight is 389 g/mol. The van der Waals surface area contributed by atoms with Crippen molar-refractivity contribution >= 4 is 28.4 Å². The van der Waals surface area contributed by atoms with Crippen molar-refractivity contribution in [3.05, 3.63) is 15.1 Å². The number of rotatable bonds is 4. The fourth-order valence-corrected chi connectivity index (χ4v) is 3.51. The molecule has 0 radical (unpaired) electrons. The van der Waals surface area contributed by atoms with E-state index in [1.54, 1.807) is 0 Å². The number of anilines is 1. The van der Waals surface area contributed by atoms with Crippen molar-refractivity contribution in [1.29, 1.82) is 0 Å².